The molecule has 0 aliphatic rings. The van der Waals surface area contributed by atoms with Gasteiger partial charge in [-0.3, -0.25) is 0 Å². The Morgan fingerprint density at radius 3 is 1.26 bits per heavy atom. The Bertz CT molecular complexity index is 2840. The Labute approximate surface area is 306 Å². The summed E-state index contributed by atoms with van der Waals surface area (Å²) >= 11 is 0. The topological polar surface area (TPSA) is 51.8 Å². The van der Waals surface area contributed by atoms with Gasteiger partial charge in [0.25, 0.3) is 0 Å². The predicted molar refractivity (Wildman–Crippen MR) is 217 cm³/mol. The molecule has 0 fully saturated rings. The van der Waals surface area contributed by atoms with Crippen LogP contribution in [0, 0.1) is 0 Å². The van der Waals surface area contributed by atoms with E-state index in [0.29, 0.717) is 17.5 Å². The largest absolute Gasteiger partial charge is 0.455 e. The van der Waals surface area contributed by atoms with Crippen LogP contribution < -0.4 is 0 Å². The first kappa shape index (κ1) is 30.6. The Hall–Kier alpha value is -7.17. The van der Waals surface area contributed by atoms with Gasteiger partial charge < -0.3 is 4.42 Å². The molecule has 10 aromatic rings. The van der Waals surface area contributed by atoms with Crippen molar-refractivity contribution < 1.29 is 4.42 Å². The van der Waals surface area contributed by atoms with Crippen molar-refractivity contribution in [3.8, 4) is 67.5 Å². The Morgan fingerprint density at radius 2 is 0.698 bits per heavy atom. The van der Waals surface area contributed by atoms with Crippen LogP contribution in [0.2, 0.25) is 0 Å². The van der Waals surface area contributed by atoms with Crippen LogP contribution in [-0.2, 0) is 0 Å². The van der Waals surface area contributed by atoms with Gasteiger partial charge in [-0.05, 0) is 57.0 Å². The molecule has 10 rings (SSSR count). The molecular formula is C49H31N3O. The predicted octanol–water partition coefficient (Wildman–Crippen LogP) is 12.9. The van der Waals surface area contributed by atoms with E-state index in [1.165, 1.54) is 16.5 Å². The summed E-state index contributed by atoms with van der Waals surface area (Å²) in [6.45, 7) is 0. The molecule has 0 amide bonds. The first-order valence-corrected chi connectivity index (χ1v) is 17.8. The van der Waals surface area contributed by atoms with Crippen LogP contribution in [0.5, 0.6) is 0 Å². The second-order valence-corrected chi connectivity index (χ2v) is 13.2. The zero-order chi connectivity index (χ0) is 35.1. The van der Waals surface area contributed by atoms with Crippen molar-refractivity contribution in [3.63, 3.8) is 0 Å². The lowest BCUT2D eigenvalue weighted by Gasteiger charge is -2.10. The monoisotopic (exact) mass is 677 g/mol. The molecule has 0 aliphatic heterocycles. The summed E-state index contributed by atoms with van der Waals surface area (Å²) in [4.78, 5) is 14.6. The summed E-state index contributed by atoms with van der Waals surface area (Å²) in [5, 5.41) is 4.52. The number of hydrogen-bond donors (Lipinski definition) is 0. The molecule has 2 aromatic heterocycles. The van der Waals surface area contributed by atoms with Crippen molar-refractivity contribution in [2.24, 2.45) is 0 Å². The number of furan rings is 1. The van der Waals surface area contributed by atoms with Gasteiger partial charge in [0.1, 0.15) is 11.2 Å². The molecule has 53 heavy (non-hydrogen) atoms. The highest BCUT2D eigenvalue weighted by molar-refractivity contribution is 6.19. The highest BCUT2D eigenvalue weighted by Crippen LogP contribution is 2.41. The number of rotatable bonds is 6. The van der Waals surface area contributed by atoms with Crippen molar-refractivity contribution in [2.75, 3.05) is 0 Å². The number of aromatic nitrogens is 3. The Morgan fingerprint density at radius 1 is 0.283 bits per heavy atom. The molecule has 0 atom stereocenters. The van der Waals surface area contributed by atoms with E-state index in [2.05, 4.69) is 121 Å². The van der Waals surface area contributed by atoms with Crippen molar-refractivity contribution >= 4 is 32.7 Å². The third kappa shape index (κ3) is 5.63. The van der Waals surface area contributed by atoms with E-state index in [1.807, 2.05) is 66.7 Å². The minimum absolute atomic E-state index is 0.643. The zero-order valence-electron chi connectivity index (χ0n) is 28.6. The number of nitrogens with zero attached hydrogens (tertiary/aromatic N) is 3. The lowest BCUT2D eigenvalue weighted by molar-refractivity contribution is 0.673. The van der Waals surface area contributed by atoms with Gasteiger partial charge in [0, 0.05) is 32.8 Å². The Kier molecular flexibility index (Phi) is 7.43. The quantitative estimate of drug-likeness (QED) is 0.176. The fourth-order valence-electron chi connectivity index (χ4n) is 7.24. The molecular weight excluding hydrogens is 647 g/mol. The molecule has 0 saturated carbocycles. The zero-order valence-corrected chi connectivity index (χ0v) is 28.6. The summed E-state index contributed by atoms with van der Waals surface area (Å²) in [5.74, 6) is 1.95. The third-order valence-corrected chi connectivity index (χ3v) is 9.96. The van der Waals surface area contributed by atoms with E-state index in [-0.39, 0.29) is 0 Å². The molecule has 8 aromatic carbocycles. The highest BCUT2D eigenvalue weighted by atomic mass is 16.3. The summed E-state index contributed by atoms with van der Waals surface area (Å²) in [5.41, 5.74) is 11.6. The van der Waals surface area contributed by atoms with E-state index < -0.39 is 0 Å². The number of benzene rings is 8. The van der Waals surface area contributed by atoms with Crippen LogP contribution in [0.3, 0.4) is 0 Å². The van der Waals surface area contributed by atoms with Crippen LogP contribution in [0.15, 0.2) is 192 Å². The van der Waals surface area contributed by atoms with Gasteiger partial charge in [-0.1, -0.05) is 170 Å². The van der Waals surface area contributed by atoms with E-state index in [4.69, 9.17) is 19.4 Å². The van der Waals surface area contributed by atoms with Gasteiger partial charge in [-0.25, -0.2) is 15.0 Å². The van der Waals surface area contributed by atoms with E-state index in [1.54, 1.807) is 0 Å². The molecule has 2 heterocycles. The van der Waals surface area contributed by atoms with E-state index >= 15 is 0 Å². The molecule has 0 bridgehead atoms. The van der Waals surface area contributed by atoms with Crippen LogP contribution in [0.25, 0.3) is 100 Å². The molecule has 0 spiro atoms. The van der Waals surface area contributed by atoms with Gasteiger partial charge in [-0.2, -0.15) is 0 Å². The van der Waals surface area contributed by atoms with Crippen molar-refractivity contribution in [1.82, 2.24) is 15.0 Å². The SMILES string of the molecule is c1ccc(-c2ccc3c(c2)oc2c4ccccc4c(-c4ccc(-c5ccc(-c6nc(-c7ccccc7)nc(-c7ccccc7)n6)cc5)cc4)cc32)cc1. The molecule has 0 N–H and O–H groups in total. The molecule has 0 aliphatic carbocycles. The minimum atomic E-state index is 0.643. The first-order chi connectivity index (χ1) is 26.2. The van der Waals surface area contributed by atoms with Gasteiger partial charge in [0.2, 0.25) is 0 Å². The summed E-state index contributed by atoms with van der Waals surface area (Å²) < 4.78 is 6.58. The summed E-state index contributed by atoms with van der Waals surface area (Å²) in [6, 6.07) is 65.2. The number of fused-ring (bicyclic) bond motifs is 5. The maximum atomic E-state index is 6.58. The lowest BCUT2D eigenvalue weighted by atomic mass is 9.93. The van der Waals surface area contributed by atoms with Crippen LogP contribution in [0.4, 0.5) is 0 Å². The van der Waals surface area contributed by atoms with Crippen molar-refractivity contribution in [1.29, 1.82) is 0 Å². The standard InChI is InChI=1S/C49H31N3O/c1-4-12-32(13-5-1)39-28-29-41-44-31-43(40-18-10-11-19-42(40)46(44)53-45(41)30-39)35-24-20-33(21-25-35)34-22-26-38(27-23-34)49-51-47(36-14-6-2-7-15-36)50-48(52-49)37-16-8-3-9-17-37/h1-31H. The lowest BCUT2D eigenvalue weighted by Crippen LogP contribution is -2.00. The maximum absolute atomic E-state index is 6.58. The molecule has 248 valence electrons. The van der Waals surface area contributed by atoms with Crippen molar-refractivity contribution in [3.05, 3.63) is 188 Å². The van der Waals surface area contributed by atoms with Gasteiger partial charge >= 0.3 is 0 Å². The molecule has 0 saturated heterocycles. The number of hydrogen-bond acceptors (Lipinski definition) is 4. The van der Waals surface area contributed by atoms with Crippen molar-refractivity contribution in [2.45, 2.75) is 0 Å². The average Bonchev–Trinajstić information content (AvgIpc) is 3.62. The second-order valence-electron chi connectivity index (χ2n) is 13.2. The summed E-state index contributed by atoms with van der Waals surface area (Å²) in [7, 11) is 0. The van der Waals surface area contributed by atoms with Gasteiger partial charge in [-0.15, -0.1) is 0 Å². The normalized spacial score (nSPS) is 11.4. The van der Waals surface area contributed by atoms with Gasteiger partial charge in [0.15, 0.2) is 17.5 Å². The van der Waals surface area contributed by atoms with Gasteiger partial charge in [0.05, 0.1) is 0 Å². The van der Waals surface area contributed by atoms with E-state index in [0.717, 1.165) is 66.3 Å². The maximum Gasteiger partial charge on any atom is 0.164 e. The minimum Gasteiger partial charge on any atom is -0.455 e. The summed E-state index contributed by atoms with van der Waals surface area (Å²) in [6.07, 6.45) is 0. The Balaban J connectivity index is 0.996. The first-order valence-electron chi connectivity index (χ1n) is 17.8. The van der Waals surface area contributed by atoms with Crippen LogP contribution in [0.1, 0.15) is 0 Å². The fourth-order valence-corrected chi connectivity index (χ4v) is 7.24. The molecule has 4 heteroatoms. The smallest absolute Gasteiger partial charge is 0.164 e. The molecule has 0 unspecified atom stereocenters. The third-order valence-electron chi connectivity index (χ3n) is 9.96. The second kappa shape index (κ2) is 12.9. The highest BCUT2D eigenvalue weighted by Gasteiger charge is 2.16. The van der Waals surface area contributed by atoms with Crippen LogP contribution >= 0.6 is 0 Å². The van der Waals surface area contributed by atoms with Crippen LogP contribution in [-0.4, -0.2) is 15.0 Å². The molecule has 0 radical (unpaired) electrons. The molecule has 4 nitrogen and oxygen atoms in total. The fraction of sp³-hybridized carbons (Fsp3) is 0. The average molecular weight is 678 g/mol. The van der Waals surface area contributed by atoms with E-state index in [9.17, 15) is 0 Å².